The molecule has 0 aromatic carbocycles. The number of alkyl halides is 5. The highest BCUT2D eigenvalue weighted by molar-refractivity contribution is 5.80. The SMILES string of the molecule is C=C/C(C)=C(\C=C(/CC(=O)NC(/C=C\N)=C/CC)N1CCC(F)(F)CC(C)(C)C1)C(F)(F)F. The lowest BCUT2D eigenvalue weighted by Crippen LogP contribution is -2.35. The third-order valence-electron chi connectivity index (χ3n) is 5.18. The van der Waals surface area contributed by atoms with Crippen molar-refractivity contribution in [3.05, 3.63) is 59.6 Å². The highest BCUT2D eigenvalue weighted by atomic mass is 19.4. The van der Waals surface area contributed by atoms with E-state index >= 15 is 0 Å². The van der Waals surface area contributed by atoms with Crippen LogP contribution in [0, 0.1) is 5.41 Å². The summed E-state index contributed by atoms with van der Waals surface area (Å²) in [6.45, 7) is 9.71. The molecule has 9 heteroatoms. The minimum atomic E-state index is -4.71. The number of nitrogens with one attached hydrogen (secondary N) is 1. The number of nitrogens with two attached hydrogens (primary N) is 1. The topological polar surface area (TPSA) is 58.4 Å². The van der Waals surface area contributed by atoms with E-state index in [0.717, 1.165) is 12.2 Å². The predicted octanol–water partition coefficient (Wildman–Crippen LogP) is 5.97. The molecule has 0 aromatic heterocycles. The fraction of sp³-hybridized carbons (Fsp3) is 0.542. The first kappa shape index (κ1) is 28.5. The summed E-state index contributed by atoms with van der Waals surface area (Å²) in [4.78, 5) is 14.2. The highest BCUT2D eigenvalue weighted by Gasteiger charge is 2.42. The van der Waals surface area contributed by atoms with Gasteiger partial charge in [-0.3, -0.25) is 4.79 Å². The van der Waals surface area contributed by atoms with Crippen molar-refractivity contribution in [3.63, 3.8) is 0 Å². The van der Waals surface area contributed by atoms with E-state index in [4.69, 9.17) is 5.73 Å². The van der Waals surface area contributed by atoms with Gasteiger partial charge >= 0.3 is 6.18 Å². The molecule has 186 valence electrons. The van der Waals surface area contributed by atoms with Gasteiger partial charge in [0.05, 0.1) is 12.0 Å². The average molecular weight is 476 g/mol. The number of amides is 1. The molecule has 1 saturated heterocycles. The predicted molar refractivity (Wildman–Crippen MR) is 121 cm³/mol. The summed E-state index contributed by atoms with van der Waals surface area (Å²) in [5, 5.41) is 2.62. The number of carbonyl (C=O) groups excluding carboxylic acids is 1. The monoisotopic (exact) mass is 475 g/mol. The summed E-state index contributed by atoms with van der Waals surface area (Å²) < 4.78 is 69.9. The van der Waals surface area contributed by atoms with Crippen molar-refractivity contribution in [3.8, 4) is 0 Å². The molecule has 0 atom stereocenters. The Balaban J connectivity index is 3.47. The van der Waals surface area contributed by atoms with E-state index in [0.29, 0.717) is 12.1 Å². The lowest BCUT2D eigenvalue weighted by Gasteiger charge is -2.33. The zero-order valence-corrected chi connectivity index (χ0v) is 19.7. The molecule has 0 aromatic rings. The van der Waals surface area contributed by atoms with Gasteiger partial charge in [-0.2, -0.15) is 13.2 Å². The first-order valence-corrected chi connectivity index (χ1v) is 10.8. The van der Waals surface area contributed by atoms with Gasteiger partial charge in [0.1, 0.15) is 0 Å². The van der Waals surface area contributed by atoms with Crippen LogP contribution in [0.15, 0.2) is 59.6 Å². The smallest absolute Gasteiger partial charge is 0.405 e. The zero-order chi connectivity index (χ0) is 25.4. The van der Waals surface area contributed by atoms with Crippen molar-refractivity contribution in [1.82, 2.24) is 10.2 Å². The normalized spacial score (nSPS) is 20.3. The van der Waals surface area contributed by atoms with Crippen LogP contribution in [0.2, 0.25) is 0 Å². The Hall–Kier alpha value is -2.58. The number of allylic oxidation sites excluding steroid dienone is 6. The van der Waals surface area contributed by atoms with Crippen LogP contribution in [0.25, 0.3) is 0 Å². The molecule has 4 nitrogen and oxygen atoms in total. The number of carbonyl (C=O) groups is 1. The van der Waals surface area contributed by atoms with Crippen molar-refractivity contribution in [1.29, 1.82) is 0 Å². The number of halogens is 5. The molecule has 3 N–H and O–H groups in total. The van der Waals surface area contributed by atoms with Crippen molar-refractivity contribution in [2.75, 3.05) is 13.1 Å². The van der Waals surface area contributed by atoms with Crippen LogP contribution in [0.5, 0.6) is 0 Å². The molecular weight excluding hydrogens is 441 g/mol. The summed E-state index contributed by atoms with van der Waals surface area (Å²) in [6.07, 6.45) is 0.891. The molecule has 0 aliphatic carbocycles. The molecule has 1 aliphatic rings. The third-order valence-corrected chi connectivity index (χ3v) is 5.18. The fourth-order valence-electron chi connectivity index (χ4n) is 3.79. The summed E-state index contributed by atoms with van der Waals surface area (Å²) in [6, 6.07) is 0. The molecule has 1 amide bonds. The van der Waals surface area contributed by atoms with E-state index in [9.17, 15) is 26.7 Å². The van der Waals surface area contributed by atoms with Gasteiger partial charge in [-0.25, -0.2) is 8.78 Å². The average Bonchev–Trinajstić information content (AvgIpc) is 2.77. The Kier molecular flexibility index (Phi) is 9.93. The van der Waals surface area contributed by atoms with E-state index in [2.05, 4.69) is 11.9 Å². The van der Waals surface area contributed by atoms with Gasteiger partial charge in [0.2, 0.25) is 11.8 Å². The van der Waals surface area contributed by atoms with Gasteiger partial charge in [0.25, 0.3) is 0 Å². The summed E-state index contributed by atoms with van der Waals surface area (Å²) >= 11 is 0. The van der Waals surface area contributed by atoms with Crippen LogP contribution in [0.3, 0.4) is 0 Å². The Labute approximate surface area is 192 Å². The summed E-state index contributed by atoms with van der Waals surface area (Å²) in [5.41, 5.74) is 3.83. The second kappa shape index (κ2) is 11.5. The molecule has 0 spiro atoms. The molecular formula is C24H34F5N3O. The van der Waals surface area contributed by atoms with Crippen molar-refractivity contribution in [2.24, 2.45) is 11.1 Å². The van der Waals surface area contributed by atoms with Crippen LogP contribution in [0.1, 0.15) is 53.4 Å². The van der Waals surface area contributed by atoms with Crippen molar-refractivity contribution in [2.45, 2.75) is 65.5 Å². The second-order valence-electron chi connectivity index (χ2n) is 8.95. The summed E-state index contributed by atoms with van der Waals surface area (Å²) in [5.74, 6) is -3.53. The fourth-order valence-corrected chi connectivity index (χ4v) is 3.79. The van der Waals surface area contributed by atoms with Crippen LogP contribution in [-0.2, 0) is 4.79 Å². The Bertz CT molecular complexity index is 836. The van der Waals surface area contributed by atoms with E-state index in [1.54, 1.807) is 19.9 Å². The van der Waals surface area contributed by atoms with Gasteiger partial charge in [0.15, 0.2) is 0 Å². The van der Waals surface area contributed by atoms with Gasteiger partial charge in [-0.05, 0) is 42.7 Å². The van der Waals surface area contributed by atoms with E-state index in [-0.39, 0.29) is 24.4 Å². The Morgan fingerprint density at radius 1 is 1.27 bits per heavy atom. The number of nitrogens with zero attached hydrogens (tertiary/aromatic N) is 1. The lowest BCUT2D eigenvalue weighted by molar-refractivity contribution is -0.120. The van der Waals surface area contributed by atoms with E-state index in [1.807, 2.05) is 6.92 Å². The van der Waals surface area contributed by atoms with Gasteiger partial charge in [-0.1, -0.05) is 39.5 Å². The molecule has 1 fully saturated rings. The standard InChI is InChI=1S/C24H34F5N3O/c1-6-8-18(9-11-30)31-21(33)14-19(13-20(17(3)7-2)24(27,28)29)32-12-10-23(25,26)15-22(4,5)16-32/h7-9,11,13H,2,6,10,12,14-16,30H2,1,3-5H3,(H,31,33)/b11-9-,18-8+,19-13+,20-17+. The third kappa shape index (κ3) is 9.43. The van der Waals surface area contributed by atoms with Gasteiger partial charge in [0, 0.05) is 37.3 Å². The number of hydrogen-bond donors (Lipinski definition) is 2. The van der Waals surface area contributed by atoms with Crippen LogP contribution < -0.4 is 11.1 Å². The molecule has 0 radical (unpaired) electrons. The molecule has 0 bridgehead atoms. The Morgan fingerprint density at radius 3 is 2.42 bits per heavy atom. The maximum atomic E-state index is 14.3. The molecule has 1 aliphatic heterocycles. The Morgan fingerprint density at radius 2 is 1.91 bits per heavy atom. The molecule has 0 unspecified atom stereocenters. The van der Waals surface area contributed by atoms with E-state index in [1.165, 1.54) is 24.1 Å². The first-order chi connectivity index (χ1) is 15.1. The van der Waals surface area contributed by atoms with Crippen LogP contribution in [-0.4, -0.2) is 36.0 Å². The van der Waals surface area contributed by atoms with Crippen LogP contribution >= 0.6 is 0 Å². The molecule has 0 saturated carbocycles. The maximum absolute atomic E-state index is 14.3. The van der Waals surface area contributed by atoms with Gasteiger partial charge < -0.3 is 16.0 Å². The minimum Gasteiger partial charge on any atom is -0.405 e. The summed E-state index contributed by atoms with van der Waals surface area (Å²) in [7, 11) is 0. The number of hydrogen-bond acceptors (Lipinski definition) is 3. The minimum absolute atomic E-state index is 0.0133. The molecule has 1 heterocycles. The van der Waals surface area contributed by atoms with Gasteiger partial charge in [-0.15, -0.1) is 0 Å². The molecule has 1 rings (SSSR count). The zero-order valence-electron chi connectivity index (χ0n) is 19.7. The van der Waals surface area contributed by atoms with Crippen molar-refractivity contribution >= 4 is 5.91 Å². The quantitative estimate of drug-likeness (QED) is 0.336. The highest BCUT2D eigenvalue weighted by Crippen LogP contribution is 2.40. The molecule has 33 heavy (non-hydrogen) atoms. The number of likely N-dealkylation sites (tertiary alicyclic amines) is 1. The second-order valence-corrected chi connectivity index (χ2v) is 8.95. The van der Waals surface area contributed by atoms with E-state index < -0.39 is 48.3 Å². The lowest BCUT2D eigenvalue weighted by atomic mass is 9.86. The largest absolute Gasteiger partial charge is 0.416 e. The number of rotatable bonds is 8. The van der Waals surface area contributed by atoms with Crippen molar-refractivity contribution < 1.29 is 26.7 Å². The van der Waals surface area contributed by atoms with Crippen LogP contribution in [0.4, 0.5) is 22.0 Å². The first-order valence-electron chi connectivity index (χ1n) is 10.8. The maximum Gasteiger partial charge on any atom is 0.416 e.